The number of rotatable bonds is 3. The number of nitrogens with one attached hydrogen (secondary N) is 1. The summed E-state index contributed by atoms with van der Waals surface area (Å²) in [5.74, 6) is 0.846. The second-order valence-corrected chi connectivity index (χ2v) is 8.76. The molecule has 1 aromatic carbocycles. The van der Waals surface area contributed by atoms with Gasteiger partial charge in [-0.15, -0.1) is 10.2 Å². The predicted molar refractivity (Wildman–Crippen MR) is 105 cm³/mol. The van der Waals surface area contributed by atoms with Gasteiger partial charge in [0.05, 0.1) is 17.7 Å². The molecule has 2 bridgehead atoms. The zero-order valence-corrected chi connectivity index (χ0v) is 16.4. The van der Waals surface area contributed by atoms with Crippen LogP contribution in [0, 0.1) is 0 Å². The average molecular weight is 419 g/mol. The molecule has 160 valence electrons. The molecule has 3 N–H and O–H groups in total. The number of benzene rings is 1. The zero-order valence-electron chi connectivity index (χ0n) is 16.4. The standard InChI is InChI=1S/C22H24F3N3O2/c23-22(24,25)13-7-8-14(17(30)10-13)20-18-11-5-6-12(9-11)19(18)21(28-27-20)26-15-3-1-2-4-16(15)29/h7-8,10-12,15-16,29-30H,1-6,9H2,(H,26,28)/t11?,12?,15-,16-/m1/s1. The number of phenolic OH excluding ortho intramolecular Hbond substituents is 1. The number of aliphatic hydroxyl groups is 1. The lowest BCUT2D eigenvalue weighted by atomic mass is 9.88. The van der Waals surface area contributed by atoms with E-state index in [1.807, 2.05) is 0 Å². The average Bonchev–Trinajstić information content (AvgIpc) is 3.32. The molecule has 0 aliphatic heterocycles. The number of aromatic nitrogens is 2. The van der Waals surface area contributed by atoms with Crippen molar-refractivity contribution in [1.29, 1.82) is 0 Å². The fourth-order valence-corrected chi connectivity index (χ4v) is 5.46. The van der Waals surface area contributed by atoms with Crippen molar-refractivity contribution in [2.24, 2.45) is 0 Å². The summed E-state index contributed by atoms with van der Waals surface area (Å²) >= 11 is 0. The quantitative estimate of drug-likeness (QED) is 0.656. The smallest absolute Gasteiger partial charge is 0.416 e. The Balaban J connectivity index is 1.56. The molecule has 0 saturated heterocycles. The van der Waals surface area contributed by atoms with Crippen LogP contribution in [0.15, 0.2) is 18.2 Å². The fraction of sp³-hybridized carbons (Fsp3) is 0.545. The molecule has 1 aromatic heterocycles. The second-order valence-electron chi connectivity index (χ2n) is 8.76. The molecule has 1 heterocycles. The van der Waals surface area contributed by atoms with Gasteiger partial charge in [0.25, 0.3) is 0 Å². The van der Waals surface area contributed by atoms with Gasteiger partial charge in [-0.3, -0.25) is 0 Å². The first kappa shape index (κ1) is 19.6. The number of phenols is 1. The first-order valence-electron chi connectivity index (χ1n) is 10.6. The second kappa shape index (κ2) is 7.11. The highest BCUT2D eigenvalue weighted by atomic mass is 19.4. The number of fused-ring (bicyclic) bond motifs is 5. The van der Waals surface area contributed by atoms with Crippen LogP contribution in [-0.4, -0.2) is 32.6 Å². The Morgan fingerprint density at radius 3 is 2.40 bits per heavy atom. The van der Waals surface area contributed by atoms with Gasteiger partial charge < -0.3 is 15.5 Å². The maximum Gasteiger partial charge on any atom is 0.416 e. The van der Waals surface area contributed by atoms with Crippen LogP contribution in [0.3, 0.4) is 0 Å². The Morgan fingerprint density at radius 1 is 0.967 bits per heavy atom. The lowest BCUT2D eigenvalue weighted by Crippen LogP contribution is -2.37. The van der Waals surface area contributed by atoms with E-state index in [9.17, 15) is 23.4 Å². The molecule has 2 fully saturated rings. The predicted octanol–water partition coefficient (Wildman–Crippen LogP) is 4.95. The van der Waals surface area contributed by atoms with E-state index in [-0.39, 0.29) is 17.5 Å². The SMILES string of the molecule is Oc1cc(C(F)(F)F)ccc1-c1nnc(N[C@@H]2CCCC[C@H]2O)c2c1C1CCC2C1. The topological polar surface area (TPSA) is 78.3 Å². The van der Waals surface area contributed by atoms with Crippen LogP contribution in [0.2, 0.25) is 0 Å². The molecule has 4 atom stereocenters. The summed E-state index contributed by atoms with van der Waals surface area (Å²) in [6.07, 6.45) is 1.77. The van der Waals surface area contributed by atoms with E-state index in [4.69, 9.17) is 0 Å². The van der Waals surface area contributed by atoms with E-state index >= 15 is 0 Å². The number of hydrogen-bond acceptors (Lipinski definition) is 5. The summed E-state index contributed by atoms with van der Waals surface area (Å²) in [7, 11) is 0. The van der Waals surface area contributed by atoms with Gasteiger partial charge in [-0.25, -0.2) is 0 Å². The summed E-state index contributed by atoms with van der Waals surface area (Å²) in [6, 6.07) is 2.94. The maximum atomic E-state index is 13.0. The van der Waals surface area contributed by atoms with Gasteiger partial charge in [0.2, 0.25) is 0 Å². The Labute approximate surface area is 172 Å². The summed E-state index contributed by atoms with van der Waals surface area (Å²) in [5.41, 5.74) is 1.92. The molecule has 5 nitrogen and oxygen atoms in total. The van der Waals surface area contributed by atoms with Gasteiger partial charge in [0.1, 0.15) is 11.4 Å². The Hall–Kier alpha value is -2.35. The van der Waals surface area contributed by atoms with Crippen LogP contribution >= 0.6 is 0 Å². The fourth-order valence-electron chi connectivity index (χ4n) is 5.46. The molecule has 2 unspecified atom stereocenters. The molecule has 0 spiro atoms. The molecule has 2 saturated carbocycles. The van der Waals surface area contributed by atoms with Crippen molar-refractivity contribution in [2.75, 3.05) is 5.32 Å². The number of aromatic hydroxyl groups is 1. The van der Waals surface area contributed by atoms with Crippen LogP contribution in [0.25, 0.3) is 11.3 Å². The first-order chi connectivity index (χ1) is 14.3. The third-order valence-corrected chi connectivity index (χ3v) is 6.93. The number of hydrogen-bond donors (Lipinski definition) is 3. The van der Waals surface area contributed by atoms with Crippen LogP contribution in [0.4, 0.5) is 19.0 Å². The molecule has 5 rings (SSSR count). The monoisotopic (exact) mass is 419 g/mol. The van der Waals surface area contributed by atoms with Crippen molar-refractivity contribution in [3.05, 3.63) is 34.9 Å². The number of halogens is 3. The van der Waals surface area contributed by atoms with Crippen molar-refractivity contribution in [2.45, 2.75) is 75.1 Å². The lowest BCUT2D eigenvalue weighted by molar-refractivity contribution is -0.137. The Kier molecular flexibility index (Phi) is 4.65. The Morgan fingerprint density at radius 2 is 1.70 bits per heavy atom. The minimum absolute atomic E-state index is 0.0680. The third-order valence-electron chi connectivity index (χ3n) is 6.93. The van der Waals surface area contributed by atoms with Crippen molar-refractivity contribution in [3.8, 4) is 17.0 Å². The van der Waals surface area contributed by atoms with Crippen molar-refractivity contribution in [1.82, 2.24) is 10.2 Å². The Bertz CT molecular complexity index is 979. The molecular formula is C22H24F3N3O2. The molecule has 0 amide bonds. The van der Waals surface area contributed by atoms with Crippen molar-refractivity contribution < 1.29 is 23.4 Å². The van der Waals surface area contributed by atoms with Gasteiger partial charge in [-0.05, 0) is 67.7 Å². The summed E-state index contributed by atoms with van der Waals surface area (Å²) in [6.45, 7) is 0. The van der Waals surface area contributed by atoms with Gasteiger partial charge >= 0.3 is 6.18 Å². The van der Waals surface area contributed by atoms with E-state index in [1.54, 1.807) is 0 Å². The summed E-state index contributed by atoms with van der Waals surface area (Å²) in [5, 5.41) is 32.8. The van der Waals surface area contributed by atoms with Crippen LogP contribution in [0.5, 0.6) is 5.75 Å². The van der Waals surface area contributed by atoms with Gasteiger partial charge in [0.15, 0.2) is 5.82 Å². The number of alkyl halides is 3. The van der Waals surface area contributed by atoms with Gasteiger partial charge in [0, 0.05) is 11.1 Å². The minimum atomic E-state index is -4.52. The number of nitrogens with zero attached hydrogens (tertiary/aromatic N) is 2. The minimum Gasteiger partial charge on any atom is -0.507 e. The lowest BCUT2D eigenvalue weighted by Gasteiger charge is -2.30. The molecule has 0 radical (unpaired) electrons. The molecule has 3 aliphatic rings. The van der Waals surface area contributed by atoms with E-state index in [0.29, 0.717) is 17.4 Å². The molecule has 3 aliphatic carbocycles. The van der Waals surface area contributed by atoms with Crippen LogP contribution in [0.1, 0.15) is 73.5 Å². The molecule has 2 aromatic rings. The molecule has 8 heteroatoms. The summed E-state index contributed by atoms with van der Waals surface area (Å²) < 4.78 is 39.0. The van der Waals surface area contributed by atoms with Crippen molar-refractivity contribution in [3.63, 3.8) is 0 Å². The maximum absolute atomic E-state index is 13.0. The van der Waals surface area contributed by atoms with Gasteiger partial charge in [-0.2, -0.15) is 13.2 Å². The van der Waals surface area contributed by atoms with E-state index in [2.05, 4.69) is 15.5 Å². The third kappa shape index (κ3) is 3.21. The highest BCUT2D eigenvalue weighted by molar-refractivity contribution is 5.75. The highest BCUT2D eigenvalue weighted by Gasteiger charge is 2.43. The first-order valence-corrected chi connectivity index (χ1v) is 10.6. The zero-order chi connectivity index (χ0) is 21.0. The van der Waals surface area contributed by atoms with Crippen molar-refractivity contribution >= 4 is 5.82 Å². The van der Waals surface area contributed by atoms with E-state index < -0.39 is 23.6 Å². The molecular weight excluding hydrogens is 395 g/mol. The largest absolute Gasteiger partial charge is 0.507 e. The van der Waals surface area contributed by atoms with Gasteiger partial charge in [-0.1, -0.05) is 12.8 Å². The number of aliphatic hydroxyl groups excluding tert-OH is 1. The number of anilines is 1. The van der Waals surface area contributed by atoms with Crippen LogP contribution in [-0.2, 0) is 6.18 Å². The van der Waals surface area contributed by atoms with E-state index in [1.165, 1.54) is 6.07 Å². The van der Waals surface area contributed by atoms with E-state index in [0.717, 1.165) is 68.2 Å². The van der Waals surface area contributed by atoms with Crippen LogP contribution < -0.4 is 5.32 Å². The highest BCUT2D eigenvalue weighted by Crippen LogP contribution is 2.57. The normalized spacial score (nSPS) is 27.9. The molecule has 30 heavy (non-hydrogen) atoms. The summed E-state index contributed by atoms with van der Waals surface area (Å²) in [4.78, 5) is 0.